The molecular weight excluding hydrogens is 232 g/mol. The van der Waals surface area contributed by atoms with Gasteiger partial charge in [0.25, 0.3) is 0 Å². The maximum atomic E-state index is 4.70. The van der Waals surface area contributed by atoms with Crippen LogP contribution in [0.4, 0.5) is 0 Å². The normalized spacial score (nSPS) is 11.9. The predicted molar refractivity (Wildman–Crippen MR) is 80.2 cm³/mol. The first-order valence-electron chi connectivity index (χ1n) is 6.60. The van der Waals surface area contributed by atoms with Crippen LogP contribution in [0.1, 0.15) is 26.3 Å². The first kappa shape index (κ1) is 12.0. The van der Waals surface area contributed by atoms with Gasteiger partial charge < -0.3 is 4.98 Å². The van der Waals surface area contributed by atoms with Crippen molar-refractivity contribution in [2.45, 2.75) is 26.2 Å². The molecule has 0 amide bonds. The van der Waals surface area contributed by atoms with E-state index in [1.165, 1.54) is 5.56 Å². The molecule has 19 heavy (non-hydrogen) atoms. The van der Waals surface area contributed by atoms with Crippen LogP contribution in [0.15, 0.2) is 48.5 Å². The van der Waals surface area contributed by atoms with Crippen LogP contribution >= 0.6 is 0 Å². The van der Waals surface area contributed by atoms with Gasteiger partial charge >= 0.3 is 0 Å². The van der Waals surface area contributed by atoms with Gasteiger partial charge in [-0.15, -0.1) is 0 Å². The summed E-state index contributed by atoms with van der Waals surface area (Å²) in [5.41, 5.74) is 4.71. The average Bonchev–Trinajstić information content (AvgIpc) is 2.81. The molecule has 0 aliphatic carbocycles. The third-order valence-electron chi connectivity index (χ3n) is 3.40. The van der Waals surface area contributed by atoms with Gasteiger partial charge in [0.05, 0.1) is 11.0 Å². The van der Waals surface area contributed by atoms with E-state index in [-0.39, 0.29) is 5.41 Å². The number of benzene rings is 2. The number of nitrogens with one attached hydrogen (secondary N) is 1. The molecule has 0 atom stereocenters. The van der Waals surface area contributed by atoms with E-state index in [1.54, 1.807) is 0 Å². The molecule has 1 heterocycles. The zero-order valence-electron chi connectivity index (χ0n) is 11.6. The Morgan fingerprint density at radius 2 is 1.68 bits per heavy atom. The van der Waals surface area contributed by atoms with Crippen LogP contribution < -0.4 is 0 Å². The fourth-order valence-corrected chi connectivity index (χ4v) is 2.21. The Morgan fingerprint density at radius 3 is 2.37 bits per heavy atom. The van der Waals surface area contributed by atoms with Crippen molar-refractivity contribution in [3.05, 3.63) is 54.1 Å². The van der Waals surface area contributed by atoms with E-state index in [4.69, 9.17) is 4.98 Å². The number of hydrogen-bond donors (Lipinski definition) is 1. The Hall–Kier alpha value is -2.09. The molecule has 0 unspecified atom stereocenters. The summed E-state index contributed by atoms with van der Waals surface area (Å²) < 4.78 is 0. The summed E-state index contributed by atoms with van der Waals surface area (Å²) in [6.07, 6.45) is 0. The Balaban J connectivity index is 2.12. The van der Waals surface area contributed by atoms with Gasteiger partial charge in [-0.3, -0.25) is 0 Å². The summed E-state index contributed by atoms with van der Waals surface area (Å²) >= 11 is 0. The number of aromatic amines is 1. The molecule has 2 nitrogen and oxygen atoms in total. The average molecular weight is 250 g/mol. The van der Waals surface area contributed by atoms with E-state index in [0.717, 1.165) is 22.4 Å². The summed E-state index contributed by atoms with van der Waals surface area (Å²) in [4.78, 5) is 8.08. The smallest absolute Gasteiger partial charge is 0.138 e. The molecule has 2 heteroatoms. The molecule has 0 bridgehead atoms. The molecular formula is C17H18N2. The van der Waals surface area contributed by atoms with Gasteiger partial charge in [0.15, 0.2) is 0 Å². The maximum Gasteiger partial charge on any atom is 0.138 e. The second kappa shape index (κ2) is 4.23. The van der Waals surface area contributed by atoms with Gasteiger partial charge in [-0.2, -0.15) is 0 Å². The highest BCUT2D eigenvalue weighted by Crippen LogP contribution is 2.27. The summed E-state index contributed by atoms with van der Waals surface area (Å²) in [5.74, 6) is 0.932. The van der Waals surface area contributed by atoms with Crippen molar-refractivity contribution < 1.29 is 0 Å². The number of H-pyrrole nitrogens is 1. The Bertz CT molecular complexity index is 703. The molecule has 0 radical (unpaired) electrons. The van der Waals surface area contributed by atoms with E-state index in [2.05, 4.69) is 56.1 Å². The van der Waals surface area contributed by atoms with Crippen molar-refractivity contribution in [3.63, 3.8) is 0 Å². The van der Waals surface area contributed by atoms with Crippen molar-refractivity contribution in [1.82, 2.24) is 9.97 Å². The van der Waals surface area contributed by atoms with Crippen LogP contribution in [-0.2, 0) is 5.41 Å². The van der Waals surface area contributed by atoms with Gasteiger partial charge in [0.1, 0.15) is 5.82 Å². The molecule has 1 aromatic heterocycles. The summed E-state index contributed by atoms with van der Waals surface area (Å²) in [6, 6.07) is 16.7. The van der Waals surface area contributed by atoms with Crippen molar-refractivity contribution in [2.24, 2.45) is 0 Å². The second-order valence-electron chi connectivity index (χ2n) is 5.93. The third-order valence-corrected chi connectivity index (χ3v) is 3.40. The van der Waals surface area contributed by atoms with Crippen molar-refractivity contribution in [3.8, 4) is 11.4 Å². The number of hydrogen-bond acceptors (Lipinski definition) is 1. The zero-order valence-corrected chi connectivity index (χ0v) is 11.6. The van der Waals surface area contributed by atoms with E-state index < -0.39 is 0 Å². The Kier molecular flexibility index (Phi) is 2.67. The molecule has 0 spiro atoms. The second-order valence-corrected chi connectivity index (χ2v) is 5.93. The van der Waals surface area contributed by atoms with Crippen molar-refractivity contribution in [2.75, 3.05) is 0 Å². The topological polar surface area (TPSA) is 28.7 Å². The fraction of sp³-hybridized carbons (Fsp3) is 0.235. The first-order chi connectivity index (χ1) is 9.04. The van der Waals surface area contributed by atoms with E-state index in [1.807, 2.05) is 18.2 Å². The minimum absolute atomic E-state index is 0.153. The lowest BCUT2D eigenvalue weighted by Crippen LogP contribution is -2.10. The first-order valence-corrected chi connectivity index (χ1v) is 6.60. The lowest BCUT2D eigenvalue weighted by atomic mass is 9.87. The van der Waals surface area contributed by atoms with E-state index in [0.29, 0.717) is 0 Å². The molecule has 96 valence electrons. The highest BCUT2D eigenvalue weighted by molar-refractivity contribution is 5.80. The Morgan fingerprint density at radius 1 is 0.947 bits per heavy atom. The monoisotopic (exact) mass is 250 g/mol. The third kappa shape index (κ3) is 2.26. The fourth-order valence-electron chi connectivity index (χ4n) is 2.21. The SMILES string of the molecule is CC(C)(C)c1ccc2[nH]c(-c3ccccc3)nc2c1. The van der Waals surface area contributed by atoms with Crippen molar-refractivity contribution >= 4 is 11.0 Å². The molecule has 1 N–H and O–H groups in total. The summed E-state index contributed by atoms with van der Waals surface area (Å²) in [6.45, 7) is 6.66. The molecule has 0 aliphatic heterocycles. The lowest BCUT2D eigenvalue weighted by Gasteiger charge is -2.18. The van der Waals surface area contributed by atoms with Gasteiger partial charge in [-0.25, -0.2) is 4.98 Å². The number of rotatable bonds is 1. The Labute approximate surface area is 113 Å². The number of imidazole rings is 1. The highest BCUT2D eigenvalue weighted by Gasteiger charge is 2.15. The van der Waals surface area contributed by atoms with Gasteiger partial charge in [0, 0.05) is 5.56 Å². The molecule has 3 rings (SSSR count). The quantitative estimate of drug-likeness (QED) is 0.675. The van der Waals surface area contributed by atoms with Crippen LogP contribution in [0, 0.1) is 0 Å². The molecule has 2 aromatic carbocycles. The predicted octanol–water partition coefficient (Wildman–Crippen LogP) is 4.53. The van der Waals surface area contributed by atoms with E-state index >= 15 is 0 Å². The number of aromatic nitrogens is 2. The zero-order chi connectivity index (χ0) is 13.5. The molecule has 0 aliphatic rings. The lowest BCUT2D eigenvalue weighted by molar-refractivity contribution is 0.591. The minimum Gasteiger partial charge on any atom is -0.338 e. The molecule has 0 saturated carbocycles. The maximum absolute atomic E-state index is 4.70. The van der Waals surface area contributed by atoms with Gasteiger partial charge in [0.2, 0.25) is 0 Å². The van der Waals surface area contributed by atoms with Gasteiger partial charge in [-0.1, -0.05) is 57.2 Å². The van der Waals surface area contributed by atoms with Crippen LogP contribution in [0.5, 0.6) is 0 Å². The van der Waals surface area contributed by atoms with E-state index in [9.17, 15) is 0 Å². The number of nitrogens with zero attached hydrogens (tertiary/aromatic N) is 1. The molecule has 0 fully saturated rings. The van der Waals surface area contributed by atoms with Crippen LogP contribution in [0.2, 0.25) is 0 Å². The standard InChI is InChI=1S/C17H18N2/c1-17(2,3)13-9-10-14-15(11-13)19-16(18-14)12-7-5-4-6-8-12/h4-11H,1-3H3,(H,18,19). The minimum atomic E-state index is 0.153. The summed E-state index contributed by atoms with van der Waals surface area (Å²) in [7, 11) is 0. The highest BCUT2D eigenvalue weighted by atomic mass is 14.9. The van der Waals surface area contributed by atoms with Crippen molar-refractivity contribution in [1.29, 1.82) is 0 Å². The van der Waals surface area contributed by atoms with Crippen LogP contribution in [0.3, 0.4) is 0 Å². The van der Waals surface area contributed by atoms with Crippen LogP contribution in [0.25, 0.3) is 22.4 Å². The number of fused-ring (bicyclic) bond motifs is 1. The largest absolute Gasteiger partial charge is 0.338 e. The van der Waals surface area contributed by atoms with Crippen LogP contribution in [-0.4, -0.2) is 9.97 Å². The van der Waals surface area contributed by atoms with Gasteiger partial charge in [-0.05, 0) is 23.1 Å². The molecule has 0 saturated heterocycles. The molecule has 3 aromatic rings. The summed E-state index contributed by atoms with van der Waals surface area (Å²) in [5, 5.41) is 0.